The van der Waals surface area contributed by atoms with Crippen LogP contribution in [0.5, 0.6) is 5.75 Å². The summed E-state index contributed by atoms with van der Waals surface area (Å²) in [4.78, 5) is 14.1. The molecule has 0 radical (unpaired) electrons. The lowest BCUT2D eigenvalue weighted by atomic mass is 9.85. The van der Waals surface area contributed by atoms with E-state index >= 15 is 0 Å². The van der Waals surface area contributed by atoms with Crippen molar-refractivity contribution in [2.75, 3.05) is 13.1 Å². The molecule has 0 amide bonds. The number of hydrogen-bond donors (Lipinski definition) is 1. The molecule has 0 spiro atoms. The number of pyridine rings is 1. The Kier molecular flexibility index (Phi) is 6.22. The Hall–Kier alpha value is -1.81. The Morgan fingerprint density at radius 3 is 2.57 bits per heavy atom. The van der Waals surface area contributed by atoms with Gasteiger partial charge in [-0.2, -0.15) is 0 Å². The Balaban J connectivity index is 2.36. The van der Waals surface area contributed by atoms with Crippen LogP contribution < -0.4 is 5.43 Å². The summed E-state index contributed by atoms with van der Waals surface area (Å²) in [5.74, 6) is 0.391. The molecule has 1 N–H and O–H groups in total. The molecule has 126 valence electrons. The van der Waals surface area contributed by atoms with Gasteiger partial charge in [-0.3, -0.25) is 9.69 Å². The molecular weight excluding hydrogens is 288 g/mol. The molecule has 1 aromatic heterocycles. The van der Waals surface area contributed by atoms with Gasteiger partial charge in [0.25, 0.3) is 0 Å². The summed E-state index contributed by atoms with van der Waals surface area (Å²) in [6, 6.07) is 1.93. The second-order valence-electron chi connectivity index (χ2n) is 6.52. The number of rotatable bonds is 7. The van der Waals surface area contributed by atoms with Crippen molar-refractivity contribution >= 4 is 0 Å². The molecule has 1 aliphatic carbocycles. The first-order valence-corrected chi connectivity index (χ1v) is 8.45. The van der Waals surface area contributed by atoms with Crippen molar-refractivity contribution in [2.24, 2.45) is 5.92 Å². The molecule has 0 aliphatic heterocycles. The molecule has 1 aliphatic rings. The van der Waals surface area contributed by atoms with Gasteiger partial charge in [0.2, 0.25) is 5.43 Å². The molecule has 4 nitrogen and oxygen atoms in total. The first-order valence-electron chi connectivity index (χ1n) is 8.45. The van der Waals surface area contributed by atoms with E-state index < -0.39 is 0 Å². The maximum absolute atomic E-state index is 11.9. The largest absolute Gasteiger partial charge is 0.503 e. The summed E-state index contributed by atoms with van der Waals surface area (Å²) >= 11 is 0. The predicted octanol–water partition coefficient (Wildman–Crippen LogP) is 3.48. The average molecular weight is 316 g/mol. The molecule has 0 bridgehead atoms. The minimum absolute atomic E-state index is 0.162. The fourth-order valence-corrected chi connectivity index (χ4v) is 3.52. The predicted molar refractivity (Wildman–Crippen MR) is 94.7 cm³/mol. The van der Waals surface area contributed by atoms with Gasteiger partial charge < -0.3 is 9.67 Å². The molecule has 4 heteroatoms. The van der Waals surface area contributed by atoms with Crippen LogP contribution in [-0.2, 0) is 6.54 Å². The van der Waals surface area contributed by atoms with Gasteiger partial charge in [0.15, 0.2) is 5.75 Å². The molecule has 0 saturated heterocycles. The zero-order valence-electron chi connectivity index (χ0n) is 14.1. The summed E-state index contributed by atoms with van der Waals surface area (Å²) in [6.45, 7) is 12.0. The highest BCUT2D eigenvalue weighted by Crippen LogP contribution is 2.34. The minimum Gasteiger partial charge on any atom is -0.503 e. The van der Waals surface area contributed by atoms with Crippen LogP contribution >= 0.6 is 0 Å². The van der Waals surface area contributed by atoms with Crippen molar-refractivity contribution in [1.82, 2.24) is 9.47 Å². The van der Waals surface area contributed by atoms with Crippen LogP contribution in [0.4, 0.5) is 0 Å². The highest BCUT2D eigenvalue weighted by molar-refractivity contribution is 5.21. The van der Waals surface area contributed by atoms with Crippen molar-refractivity contribution in [3.05, 3.63) is 53.5 Å². The zero-order chi connectivity index (χ0) is 16.8. The van der Waals surface area contributed by atoms with Crippen LogP contribution in [0.15, 0.2) is 42.4 Å². The molecule has 1 aromatic rings. The van der Waals surface area contributed by atoms with Gasteiger partial charge >= 0.3 is 0 Å². The molecule has 1 fully saturated rings. The number of hydrogen-bond acceptors (Lipinski definition) is 3. The number of nitrogens with zero attached hydrogens (tertiary/aromatic N) is 2. The zero-order valence-corrected chi connectivity index (χ0v) is 14.1. The number of aromatic hydroxyl groups is 1. The lowest BCUT2D eigenvalue weighted by Gasteiger charge is -2.34. The smallest absolute Gasteiger partial charge is 0.223 e. The van der Waals surface area contributed by atoms with Crippen molar-refractivity contribution in [1.29, 1.82) is 0 Å². The highest BCUT2D eigenvalue weighted by atomic mass is 16.3. The summed E-state index contributed by atoms with van der Waals surface area (Å²) in [6.07, 6.45) is 10.1. The normalized spacial score (nSPS) is 21.3. The average Bonchev–Trinajstić information content (AvgIpc) is 2.52. The second-order valence-corrected chi connectivity index (χ2v) is 6.52. The Bertz CT molecular complexity index is 596. The molecule has 1 saturated carbocycles. The van der Waals surface area contributed by atoms with Crippen LogP contribution in [-0.4, -0.2) is 27.7 Å². The van der Waals surface area contributed by atoms with E-state index in [0.717, 1.165) is 25.2 Å². The summed E-state index contributed by atoms with van der Waals surface area (Å²) in [5.41, 5.74) is 0.645. The van der Waals surface area contributed by atoms with Crippen LogP contribution in [0.2, 0.25) is 0 Å². The monoisotopic (exact) mass is 316 g/mol. The van der Waals surface area contributed by atoms with Crippen molar-refractivity contribution in [3.8, 4) is 5.75 Å². The molecule has 2 rings (SSSR count). The molecule has 1 heterocycles. The van der Waals surface area contributed by atoms with Gasteiger partial charge in [-0.15, -0.1) is 13.2 Å². The van der Waals surface area contributed by atoms with E-state index in [0.29, 0.717) is 18.5 Å². The first kappa shape index (κ1) is 17.5. The second kappa shape index (κ2) is 8.16. The maximum atomic E-state index is 11.9. The van der Waals surface area contributed by atoms with Crippen LogP contribution in [0.3, 0.4) is 0 Å². The van der Waals surface area contributed by atoms with Crippen molar-refractivity contribution in [3.63, 3.8) is 0 Å². The maximum Gasteiger partial charge on any atom is 0.223 e. The third-order valence-corrected chi connectivity index (χ3v) is 4.73. The van der Waals surface area contributed by atoms with E-state index in [4.69, 9.17) is 0 Å². The molecule has 2 unspecified atom stereocenters. The lowest BCUT2D eigenvalue weighted by molar-refractivity contribution is 0.237. The van der Waals surface area contributed by atoms with E-state index in [1.54, 1.807) is 12.3 Å². The van der Waals surface area contributed by atoms with Crippen LogP contribution in [0, 0.1) is 5.92 Å². The van der Waals surface area contributed by atoms with Gasteiger partial charge in [0, 0.05) is 37.4 Å². The third-order valence-electron chi connectivity index (χ3n) is 4.73. The topological polar surface area (TPSA) is 45.5 Å². The van der Waals surface area contributed by atoms with E-state index in [1.807, 2.05) is 12.2 Å². The molecule has 2 atom stereocenters. The van der Waals surface area contributed by atoms with Crippen molar-refractivity contribution in [2.45, 2.75) is 45.2 Å². The lowest BCUT2D eigenvalue weighted by Crippen LogP contribution is -2.30. The van der Waals surface area contributed by atoms with Gasteiger partial charge in [-0.1, -0.05) is 31.9 Å². The van der Waals surface area contributed by atoms with E-state index in [9.17, 15) is 9.90 Å². The van der Waals surface area contributed by atoms with E-state index in [-0.39, 0.29) is 11.2 Å². The van der Waals surface area contributed by atoms with Gasteiger partial charge in [0.1, 0.15) is 0 Å². The summed E-state index contributed by atoms with van der Waals surface area (Å²) in [5, 5.41) is 9.90. The fraction of sp³-hybridized carbons (Fsp3) is 0.526. The minimum atomic E-state index is -0.308. The summed E-state index contributed by atoms with van der Waals surface area (Å²) < 4.78 is 2.12. The Morgan fingerprint density at radius 1 is 1.30 bits per heavy atom. The fourth-order valence-electron chi connectivity index (χ4n) is 3.52. The third kappa shape index (κ3) is 4.35. The molecule has 0 aromatic carbocycles. The van der Waals surface area contributed by atoms with Crippen molar-refractivity contribution < 1.29 is 5.11 Å². The standard InChI is InChI=1S/C19H28N2O2/c1-4-10-20(11-5-2)13-16-12-18(22)19(23)14-21(16)17-9-7-6-8-15(17)3/h4-5,12,14-15,17,23H,1-2,6-11,13H2,3H3. The Labute approximate surface area is 138 Å². The Morgan fingerprint density at radius 2 is 1.96 bits per heavy atom. The van der Waals surface area contributed by atoms with Gasteiger partial charge in [-0.25, -0.2) is 0 Å². The highest BCUT2D eigenvalue weighted by Gasteiger charge is 2.25. The number of aromatic nitrogens is 1. The van der Waals surface area contributed by atoms with Gasteiger partial charge in [0.05, 0.1) is 6.20 Å². The SMILES string of the molecule is C=CCN(CC=C)Cc1cc(=O)c(O)cn1C1CCCCC1C. The van der Waals surface area contributed by atoms with Gasteiger partial charge in [-0.05, 0) is 18.8 Å². The molecular formula is C19H28N2O2. The van der Waals surface area contributed by atoms with E-state index in [1.165, 1.54) is 19.3 Å². The quantitative estimate of drug-likeness (QED) is 0.783. The van der Waals surface area contributed by atoms with E-state index in [2.05, 4.69) is 29.5 Å². The van der Waals surface area contributed by atoms with Crippen LogP contribution in [0.1, 0.15) is 44.3 Å². The van der Waals surface area contributed by atoms with Crippen LogP contribution in [0.25, 0.3) is 0 Å². The summed E-state index contributed by atoms with van der Waals surface area (Å²) in [7, 11) is 0. The molecule has 23 heavy (non-hydrogen) atoms. The first-order chi connectivity index (χ1) is 11.1.